The van der Waals surface area contributed by atoms with E-state index in [1.165, 1.54) is 0 Å². The Bertz CT molecular complexity index is 651. The number of nitrogens with zero attached hydrogens (tertiary/aromatic N) is 2. The number of aryl methyl sites for hydroxylation is 2. The average molecular weight is 358 g/mol. The summed E-state index contributed by atoms with van der Waals surface area (Å²) in [5, 5.41) is 23.2. The van der Waals surface area contributed by atoms with Gasteiger partial charge in [-0.2, -0.15) is 0 Å². The molecule has 2 aromatic carbocycles. The van der Waals surface area contributed by atoms with Crippen molar-refractivity contribution >= 4 is 12.4 Å². The number of aliphatic imine (C=N–C) groups is 2. The minimum atomic E-state index is -0.0337. The summed E-state index contributed by atoms with van der Waals surface area (Å²) in [5.41, 5.74) is 3.23. The summed E-state index contributed by atoms with van der Waals surface area (Å²) in [6.07, 6.45) is 3.16. The molecule has 0 aliphatic rings. The minimum Gasteiger partial charge on any atom is -0.872 e. The fraction of sp³-hybridized carbons (Fsp3) is 0.222. The summed E-state index contributed by atoms with van der Waals surface area (Å²) < 4.78 is 0. The van der Waals surface area contributed by atoms with Gasteiger partial charge in [0.05, 0.1) is 13.1 Å². The molecule has 0 saturated carbocycles. The summed E-state index contributed by atoms with van der Waals surface area (Å²) in [5.74, 6) is -0.0674. The molecule has 0 fully saturated rings. The maximum absolute atomic E-state index is 11.6. The van der Waals surface area contributed by atoms with Crippen LogP contribution in [-0.2, 0) is 17.1 Å². The molecule has 0 spiro atoms. The van der Waals surface area contributed by atoms with Gasteiger partial charge in [0.2, 0.25) is 0 Å². The van der Waals surface area contributed by atoms with Crippen LogP contribution < -0.4 is 10.2 Å². The maximum atomic E-state index is 11.6. The first-order chi connectivity index (χ1) is 10.6. The van der Waals surface area contributed by atoms with Gasteiger partial charge in [0.15, 0.2) is 0 Å². The molecule has 2 rings (SSSR count). The zero-order valence-corrected chi connectivity index (χ0v) is 14.0. The first-order valence-electron chi connectivity index (χ1n) is 7.11. The van der Waals surface area contributed by atoms with Gasteiger partial charge < -0.3 is 10.2 Å². The molecular weight excluding hydrogens is 340 g/mol. The first kappa shape index (κ1) is 18.9. The summed E-state index contributed by atoms with van der Waals surface area (Å²) in [6, 6.07) is 10.3. The zero-order valence-electron chi connectivity index (χ0n) is 13.0. The molecule has 0 atom stereocenters. The second-order valence-corrected chi connectivity index (χ2v) is 5.15. The molecule has 123 valence electrons. The van der Waals surface area contributed by atoms with Crippen LogP contribution in [0.25, 0.3) is 0 Å². The summed E-state index contributed by atoms with van der Waals surface area (Å²) >= 11 is 0. The number of hydrogen-bond acceptors (Lipinski definition) is 4. The van der Waals surface area contributed by atoms with Gasteiger partial charge in [-0.3, -0.25) is 9.98 Å². The largest absolute Gasteiger partial charge is 2.00 e. The second-order valence-electron chi connectivity index (χ2n) is 5.15. The van der Waals surface area contributed by atoms with Gasteiger partial charge in [-0.25, -0.2) is 0 Å². The van der Waals surface area contributed by atoms with E-state index in [-0.39, 0.29) is 28.6 Å². The predicted octanol–water partition coefficient (Wildman–Crippen LogP) is 1.99. The van der Waals surface area contributed by atoms with Gasteiger partial charge in [-0.15, -0.1) is 11.5 Å². The fourth-order valence-electron chi connectivity index (χ4n) is 1.98. The van der Waals surface area contributed by atoms with Crippen LogP contribution in [0.4, 0.5) is 0 Å². The molecule has 1 radical (unpaired) electrons. The monoisotopic (exact) mass is 357 g/mol. The SMILES string of the molecule is Cc1ccc([O-])c(C=NCCN=Cc2cc(C)ccc2[O-])c1.[Cu+2]. The quantitative estimate of drug-likeness (QED) is 0.466. The van der Waals surface area contributed by atoms with E-state index in [9.17, 15) is 10.2 Å². The molecule has 0 bridgehead atoms. The molecule has 0 unspecified atom stereocenters. The van der Waals surface area contributed by atoms with Crippen molar-refractivity contribution in [2.75, 3.05) is 13.1 Å². The Kier molecular flexibility index (Phi) is 7.52. The van der Waals surface area contributed by atoms with Crippen LogP contribution in [0.1, 0.15) is 22.3 Å². The van der Waals surface area contributed by atoms with Crippen LogP contribution >= 0.6 is 0 Å². The van der Waals surface area contributed by atoms with Gasteiger partial charge in [0.25, 0.3) is 0 Å². The molecule has 0 aliphatic carbocycles. The molecule has 2 aromatic rings. The maximum Gasteiger partial charge on any atom is 2.00 e. The number of rotatable bonds is 5. The minimum absolute atomic E-state index is 0. The van der Waals surface area contributed by atoms with Gasteiger partial charge in [-0.1, -0.05) is 47.5 Å². The first-order valence-corrected chi connectivity index (χ1v) is 7.11. The van der Waals surface area contributed by atoms with Crippen molar-refractivity contribution in [3.63, 3.8) is 0 Å². The van der Waals surface area contributed by atoms with Crippen LogP contribution in [0.2, 0.25) is 0 Å². The van der Waals surface area contributed by atoms with Crippen molar-refractivity contribution in [2.45, 2.75) is 13.8 Å². The molecule has 23 heavy (non-hydrogen) atoms. The van der Waals surface area contributed by atoms with E-state index in [0.717, 1.165) is 11.1 Å². The van der Waals surface area contributed by atoms with Gasteiger partial charge in [-0.05, 0) is 25.0 Å². The van der Waals surface area contributed by atoms with Crippen molar-refractivity contribution in [1.29, 1.82) is 0 Å². The fourth-order valence-corrected chi connectivity index (χ4v) is 1.98. The second kappa shape index (κ2) is 9.13. The molecule has 5 heteroatoms. The number of benzene rings is 2. The molecule has 0 saturated heterocycles. The van der Waals surface area contributed by atoms with E-state index in [2.05, 4.69) is 9.98 Å². The molecule has 4 nitrogen and oxygen atoms in total. The summed E-state index contributed by atoms with van der Waals surface area (Å²) in [7, 11) is 0. The van der Waals surface area contributed by atoms with Gasteiger partial charge >= 0.3 is 17.1 Å². The van der Waals surface area contributed by atoms with Gasteiger partial charge in [0, 0.05) is 12.4 Å². The average Bonchev–Trinajstić information content (AvgIpc) is 2.49. The Morgan fingerprint density at radius 2 is 1.17 bits per heavy atom. The van der Waals surface area contributed by atoms with E-state index >= 15 is 0 Å². The third-order valence-electron chi connectivity index (χ3n) is 3.15. The third-order valence-corrected chi connectivity index (χ3v) is 3.15. The number of hydrogen-bond donors (Lipinski definition) is 0. The van der Waals surface area contributed by atoms with E-state index in [1.54, 1.807) is 36.7 Å². The molecule has 0 aliphatic heterocycles. The smallest absolute Gasteiger partial charge is 0.872 e. The molecule has 0 aromatic heterocycles. The molecule has 0 amide bonds. The third kappa shape index (κ3) is 5.89. The Balaban J connectivity index is 0.00000264. The Morgan fingerprint density at radius 1 is 0.783 bits per heavy atom. The van der Waals surface area contributed by atoms with Crippen LogP contribution in [0, 0.1) is 13.8 Å². The van der Waals surface area contributed by atoms with Crippen LogP contribution in [0.15, 0.2) is 46.4 Å². The Morgan fingerprint density at radius 3 is 1.57 bits per heavy atom. The standard InChI is InChI=1S/C18H20N2O2.Cu/c1-13-3-5-17(21)15(9-13)11-19-7-8-20-12-16-10-14(2)4-6-18(16)22;/h3-6,9-12,21-22H,7-8H2,1-2H3;/q;+2/p-2. The zero-order chi connectivity index (χ0) is 15.9. The topological polar surface area (TPSA) is 70.8 Å². The van der Waals surface area contributed by atoms with Crippen LogP contribution in [0.3, 0.4) is 0 Å². The molecule has 0 N–H and O–H groups in total. The predicted molar refractivity (Wildman–Crippen MR) is 86.2 cm³/mol. The van der Waals surface area contributed by atoms with Crippen molar-refractivity contribution < 1.29 is 27.3 Å². The van der Waals surface area contributed by atoms with Crippen molar-refractivity contribution in [2.24, 2.45) is 9.98 Å². The summed E-state index contributed by atoms with van der Waals surface area (Å²) in [6.45, 7) is 4.82. The molecule has 0 heterocycles. The normalized spacial score (nSPS) is 11.0. The van der Waals surface area contributed by atoms with Crippen LogP contribution in [-0.4, -0.2) is 25.5 Å². The molecular formula is C18H18CuN2O2. The van der Waals surface area contributed by atoms with E-state index in [0.29, 0.717) is 24.2 Å². The van der Waals surface area contributed by atoms with Crippen molar-refractivity contribution in [3.05, 3.63) is 58.7 Å². The van der Waals surface area contributed by atoms with Gasteiger partial charge in [0.1, 0.15) is 0 Å². The van der Waals surface area contributed by atoms with E-state index in [1.807, 2.05) is 26.0 Å². The van der Waals surface area contributed by atoms with Crippen LogP contribution in [0.5, 0.6) is 11.5 Å². The summed E-state index contributed by atoms with van der Waals surface area (Å²) in [4.78, 5) is 8.40. The Labute approximate surface area is 147 Å². The Hall–Kier alpha value is -2.10. The van der Waals surface area contributed by atoms with E-state index < -0.39 is 0 Å². The van der Waals surface area contributed by atoms with Crippen molar-refractivity contribution in [1.82, 2.24) is 0 Å². The van der Waals surface area contributed by atoms with E-state index in [4.69, 9.17) is 0 Å². The van der Waals surface area contributed by atoms with Crippen molar-refractivity contribution in [3.8, 4) is 11.5 Å².